The lowest BCUT2D eigenvalue weighted by Gasteiger charge is -2.24. The molecule has 23 heavy (non-hydrogen) atoms. The molecule has 0 aliphatic heterocycles. The van der Waals surface area contributed by atoms with Gasteiger partial charge in [0.15, 0.2) is 5.85 Å². The molecule has 2 aromatic rings. The third kappa shape index (κ3) is 3.96. The van der Waals surface area contributed by atoms with Gasteiger partial charge in [-0.25, -0.2) is 0 Å². The first-order chi connectivity index (χ1) is 10.9. The average Bonchev–Trinajstić information content (AvgIpc) is 2.55. The van der Waals surface area contributed by atoms with E-state index in [1.54, 1.807) is 43.3 Å². The molecule has 124 valence electrons. The smallest absolute Gasteiger partial charge is 0.264 e. The lowest BCUT2D eigenvalue weighted by atomic mass is 10.2. The second kappa shape index (κ2) is 7.50. The first-order valence-corrected chi connectivity index (χ1v) is 9.41. The predicted octanol–water partition coefficient (Wildman–Crippen LogP) is 4.04. The zero-order valence-electron chi connectivity index (χ0n) is 13.4. The number of hydrogen-bond acceptors (Lipinski definition) is 4. The Morgan fingerprint density at radius 1 is 1.13 bits per heavy atom. The van der Waals surface area contributed by atoms with Crippen LogP contribution in [0.4, 0.5) is 5.69 Å². The van der Waals surface area contributed by atoms with E-state index in [2.05, 4.69) is 0 Å². The summed E-state index contributed by atoms with van der Waals surface area (Å²) in [4.78, 5) is 1.95. The minimum Gasteiger partial charge on any atom is -0.378 e. The number of halogens is 1. The van der Waals surface area contributed by atoms with E-state index in [-0.39, 0.29) is 6.61 Å². The first-order valence-electron chi connectivity index (χ1n) is 7.34. The van der Waals surface area contributed by atoms with Gasteiger partial charge in [-0.15, -0.1) is 0 Å². The normalized spacial score (nSPS) is 15.0. The summed E-state index contributed by atoms with van der Waals surface area (Å²) in [5.41, 5.74) is 1.50. The molecule has 0 amide bonds. The van der Waals surface area contributed by atoms with Crippen molar-refractivity contribution >= 4 is 30.0 Å². The fourth-order valence-electron chi connectivity index (χ4n) is 2.27. The van der Waals surface area contributed by atoms with Crippen LogP contribution in [0.2, 0.25) is 5.02 Å². The number of aliphatic hydroxyl groups is 1. The van der Waals surface area contributed by atoms with Gasteiger partial charge in [0.25, 0.3) is 7.37 Å². The van der Waals surface area contributed by atoms with E-state index in [1.807, 2.05) is 31.1 Å². The fourth-order valence-corrected chi connectivity index (χ4v) is 4.48. The van der Waals surface area contributed by atoms with E-state index >= 15 is 0 Å². The molecule has 0 saturated carbocycles. The number of nitrogens with zero attached hydrogens (tertiary/aromatic N) is 1. The van der Waals surface area contributed by atoms with Crippen molar-refractivity contribution in [1.29, 1.82) is 0 Å². The highest BCUT2D eigenvalue weighted by atomic mass is 35.5. The van der Waals surface area contributed by atoms with Crippen molar-refractivity contribution < 1.29 is 14.2 Å². The van der Waals surface area contributed by atoms with Crippen LogP contribution < -0.4 is 10.2 Å². The SMILES string of the molecule is CCO[P@](=O)(c1ccc(N(C)C)cc1)[C@H](O)c1ccc(Cl)cc1. The van der Waals surface area contributed by atoms with Crippen LogP contribution in [-0.2, 0) is 9.09 Å². The molecule has 0 aromatic heterocycles. The van der Waals surface area contributed by atoms with E-state index in [0.29, 0.717) is 15.9 Å². The second-order valence-electron chi connectivity index (χ2n) is 5.35. The van der Waals surface area contributed by atoms with E-state index in [0.717, 1.165) is 5.69 Å². The van der Waals surface area contributed by atoms with Crippen molar-refractivity contribution in [1.82, 2.24) is 0 Å². The van der Waals surface area contributed by atoms with Crippen LogP contribution >= 0.6 is 19.0 Å². The Kier molecular flexibility index (Phi) is 5.88. The van der Waals surface area contributed by atoms with Gasteiger partial charge in [0.2, 0.25) is 0 Å². The zero-order chi connectivity index (χ0) is 17.0. The number of benzene rings is 2. The highest BCUT2D eigenvalue weighted by molar-refractivity contribution is 7.67. The van der Waals surface area contributed by atoms with Crippen molar-refractivity contribution in [3.8, 4) is 0 Å². The first kappa shape index (κ1) is 18.0. The highest BCUT2D eigenvalue weighted by Gasteiger charge is 2.36. The van der Waals surface area contributed by atoms with Crippen molar-refractivity contribution in [3.63, 3.8) is 0 Å². The minimum atomic E-state index is -3.46. The maximum absolute atomic E-state index is 13.4. The van der Waals surface area contributed by atoms with Gasteiger partial charge in [0.1, 0.15) is 0 Å². The van der Waals surface area contributed by atoms with Gasteiger partial charge in [-0.1, -0.05) is 23.7 Å². The van der Waals surface area contributed by atoms with Crippen molar-refractivity contribution in [2.45, 2.75) is 12.8 Å². The second-order valence-corrected chi connectivity index (χ2v) is 8.25. The number of aliphatic hydroxyl groups excluding tert-OH is 1. The number of hydrogen-bond donors (Lipinski definition) is 1. The lowest BCUT2D eigenvalue weighted by molar-refractivity contribution is 0.218. The van der Waals surface area contributed by atoms with Crippen molar-refractivity contribution in [2.75, 3.05) is 25.6 Å². The third-order valence-corrected chi connectivity index (χ3v) is 6.39. The highest BCUT2D eigenvalue weighted by Crippen LogP contribution is 2.57. The molecule has 2 aromatic carbocycles. The van der Waals surface area contributed by atoms with Gasteiger partial charge >= 0.3 is 0 Å². The Morgan fingerprint density at radius 3 is 2.17 bits per heavy atom. The Balaban J connectivity index is 2.41. The zero-order valence-corrected chi connectivity index (χ0v) is 15.1. The lowest BCUT2D eigenvalue weighted by Crippen LogP contribution is -2.16. The summed E-state index contributed by atoms with van der Waals surface area (Å²) in [6, 6.07) is 13.8. The summed E-state index contributed by atoms with van der Waals surface area (Å²) >= 11 is 5.87. The molecule has 2 rings (SSSR count). The van der Waals surface area contributed by atoms with E-state index < -0.39 is 13.2 Å². The standard InChI is InChI=1S/C17H21ClNO3P/c1-4-22-23(21,16-11-9-15(10-12-16)19(2)3)17(20)13-5-7-14(18)8-6-13/h5-12,17,20H,4H2,1-3H3/t17-,23+/m0/s1. The van der Waals surface area contributed by atoms with Crippen LogP contribution in [0.25, 0.3) is 0 Å². The van der Waals surface area contributed by atoms with Gasteiger partial charge in [-0.2, -0.15) is 0 Å². The third-order valence-electron chi connectivity index (χ3n) is 3.54. The Hall–Kier alpha value is -1.32. The Morgan fingerprint density at radius 2 is 1.70 bits per heavy atom. The van der Waals surface area contributed by atoms with E-state index in [9.17, 15) is 9.67 Å². The largest absolute Gasteiger partial charge is 0.378 e. The van der Waals surface area contributed by atoms with Crippen LogP contribution in [0.15, 0.2) is 48.5 Å². The molecule has 0 spiro atoms. The quantitative estimate of drug-likeness (QED) is 0.796. The maximum atomic E-state index is 13.4. The molecule has 0 heterocycles. The topological polar surface area (TPSA) is 49.8 Å². The predicted molar refractivity (Wildman–Crippen MR) is 96.0 cm³/mol. The molecule has 0 radical (unpaired) electrons. The Bertz CT molecular complexity index is 686. The molecule has 4 nitrogen and oxygen atoms in total. The molecular weight excluding hydrogens is 333 g/mol. The van der Waals surface area contributed by atoms with E-state index in [1.165, 1.54) is 0 Å². The molecule has 6 heteroatoms. The van der Waals surface area contributed by atoms with E-state index in [4.69, 9.17) is 16.1 Å². The van der Waals surface area contributed by atoms with Crippen LogP contribution in [0.3, 0.4) is 0 Å². The van der Waals surface area contributed by atoms with Crippen LogP contribution in [0.5, 0.6) is 0 Å². The number of rotatable bonds is 6. The summed E-state index contributed by atoms with van der Waals surface area (Å²) in [5, 5.41) is 11.7. The molecule has 0 saturated heterocycles. The van der Waals surface area contributed by atoms with Crippen LogP contribution in [-0.4, -0.2) is 25.8 Å². The van der Waals surface area contributed by atoms with Crippen molar-refractivity contribution in [3.05, 3.63) is 59.1 Å². The van der Waals surface area contributed by atoms with Gasteiger partial charge in [-0.05, 0) is 48.9 Å². The van der Waals surface area contributed by atoms with Gasteiger partial charge in [-0.3, -0.25) is 4.57 Å². The molecule has 0 unspecified atom stereocenters. The summed E-state index contributed by atoms with van der Waals surface area (Å²) in [6.07, 6.45) is 0. The van der Waals surface area contributed by atoms with Crippen LogP contribution in [0, 0.1) is 0 Å². The molecule has 0 fully saturated rings. The summed E-state index contributed by atoms with van der Waals surface area (Å²) < 4.78 is 18.9. The molecule has 1 N–H and O–H groups in total. The average molecular weight is 354 g/mol. The molecular formula is C17H21ClNO3P. The van der Waals surface area contributed by atoms with Gasteiger partial charge < -0.3 is 14.5 Å². The summed E-state index contributed by atoms with van der Waals surface area (Å²) in [6.45, 7) is 2.01. The fraction of sp³-hybridized carbons (Fsp3) is 0.294. The monoisotopic (exact) mass is 353 g/mol. The van der Waals surface area contributed by atoms with Gasteiger partial charge in [0, 0.05) is 30.1 Å². The number of anilines is 1. The maximum Gasteiger partial charge on any atom is 0.264 e. The molecule has 2 atom stereocenters. The Labute approximate surface area is 142 Å². The molecule has 0 aliphatic carbocycles. The van der Waals surface area contributed by atoms with Crippen LogP contribution in [0.1, 0.15) is 18.3 Å². The van der Waals surface area contributed by atoms with Gasteiger partial charge in [0.05, 0.1) is 6.61 Å². The molecule has 0 aliphatic rings. The van der Waals surface area contributed by atoms with Crippen molar-refractivity contribution in [2.24, 2.45) is 0 Å². The molecule has 0 bridgehead atoms. The summed E-state index contributed by atoms with van der Waals surface area (Å²) in [7, 11) is 0.405. The summed E-state index contributed by atoms with van der Waals surface area (Å²) in [5.74, 6) is -1.23. The minimum absolute atomic E-state index is 0.247.